The zero-order chi connectivity index (χ0) is 13.9. The van der Waals surface area contributed by atoms with Gasteiger partial charge in [0.2, 0.25) is 0 Å². The van der Waals surface area contributed by atoms with Gasteiger partial charge in [-0.2, -0.15) is 0 Å². The largest absolute Gasteiger partial charge is 0.465 e. The molecule has 0 aromatic carbocycles. The fourth-order valence-corrected chi connectivity index (χ4v) is 2.18. The van der Waals surface area contributed by atoms with Gasteiger partial charge < -0.3 is 20.7 Å². The molecule has 4 N–H and O–H groups in total. The Morgan fingerprint density at radius 2 is 2.11 bits per heavy atom. The average molecular weight is 274 g/mol. The maximum absolute atomic E-state index is 11.4. The second-order valence-corrected chi connectivity index (χ2v) is 5.52. The summed E-state index contributed by atoms with van der Waals surface area (Å²) in [6.45, 7) is 11.5. The molecule has 6 heteroatoms. The SMILES string of the molecule is C=CC[C@H]1OC[C@@H](N(C(=O)O)C(C)(C)C)[C@@H](C)O1.N. The number of rotatable bonds is 3. The van der Waals surface area contributed by atoms with Gasteiger partial charge in [0.05, 0.1) is 18.8 Å². The first kappa shape index (κ1) is 17.9. The van der Waals surface area contributed by atoms with Crippen LogP contribution in [0.3, 0.4) is 0 Å². The molecular weight excluding hydrogens is 248 g/mol. The van der Waals surface area contributed by atoms with Gasteiger partial charge >= 0.3 is 6.09 Å². The van der Waals surface area contributed by atoms with Gasteiger partial charge in [-0.05, 0) is 27.7 Å². The zero-order valence-corrected chi connectivity index (χ0v) is 12.3. The summed E-state index contributed by atoms with van der Waals surface area (Å²) in [5.74, 6) is 0. The van der Waals surface area contributed by atoms with Gasteiger partial charge in [0.25, 0.3) is 0 Å². The van der Waals surface area contributed by atoms with Crippen LogP contribution >= 0.6 is 0 Å². The third kappa shape index (κ3) is 4.49. The minimum Gasteiger partial charge on any atom is -0.465 e. The zero-order valence-electron chi connectivity index (χ0n) is 12.3. The average Bonchev–Trinajstić information content (AvgIpc) is 2.19. The first-order chi connectivity index (χ1) is 8.27. The Kier molecular flexibility index (Phi) is 6.48. The molecule has 0 aliphatic carbocycles. The van der Waals surface area contributed by atoms with E-state index in [1.165, 1.54) is 4.90 Å². The van der Waals surface area contributed by atoms with Crippen LogP contribution in [-0.2, 0) is 9.47 Å². The molecule has 0 bridgehead atoms. The maximum atomic E-state index is 11.4. The van der Waals surface area contributed by atoms with Crippen LogP contribution < -0.4 is 6.15 Å². The number of hydrogen-bond donors (Lipinski definition) is 2. The van der Waals surface area contributed by atoms with E-state index >= 15 is 0 Å². The second-order valence-electron chi connectivity index (χ2n) is 5.52. The highest BCUT2D eigenvalue weighted by atomic mass is 16.7. The molecule has 1 amide bonds. The number of amides is 1. The molecule has 0 spiro atoms. The summed E-state index contributed by atoms with van der Waals surface area (Å²) in [4.78, 5) is 12.8. The van der Waals surface area contributed by atoms with Crippen molar-refractivity contribution in [3.8, 4) is 0 Å². The molecule has 3 atom stereocenters. The molecule has 0 unspecified atom stereocenters. The van der Waals surface area contributed by atoms with Crippen molar-refractivity contribution in [2.45, 2.75) is 58.1 Å². The van der Waals surface area contributed by atoms with Gasteiger partial charge in [0, 0.05) is 12.0 Å². The molecule has 0 aromatic heterocycles. The number of nitrogens with zero attached hydrogens (tertiary/aromatic N) is 1. The Morgan fingerprint density at radius 1 is 1.53 bits per heavy atom. The van der Waals surface area contributed by atoms with Gasteiger partial charge in [-0.15, -0.1) is 6.58 Å². The van der Waals surface area contributed by atoms with Crippen LogP contribution in [0.15, 0.2) is 12.7 Å². The van der Waals surface area contributed by atoms with E-state index in [9.17, 15) is 9.90 Å². The summed E-state index contributed by atoms with van der Waals surface area (Å²) in [5.41, 5.74) is -0.483. The van der Waals surface area contributed by atoms with Crippen molar-refractivity contribution in [2.24, 2.45) is 0 Å². The predicted octanol–water partition coefficient (Wildman–Crippen LogP) is 2.63. The van der Waals surface area contributed by atoms with E-state index < -0.39 is 11.6 Å². The van der Waals surface area contributed by atoms with Gasteiger partial charge in [-0.1, -0.05) is 6.08 Å². The Labute approximate surface area is 115 Å². The fraction of sp³-hybridized carbons (Fsp3) is 0.769. The summed E-state index contributed by atoms with van der Waals surface area (Å²) in [7, 11) is 0. The van der Waals surface area contributed by atoms with Crippen molar-refractivity contribution in [1.29, 1.82) is 0 Å². The van der Waals surface area contributed by atoms with Crippen LogP contribution in [0, 0.1) is 0 Å². The number of hydrogen-bond acceptors (Lipinski definition) is 4. The lowest BCUT2D eigenvalue weighted by molar-refractivity contribution is -0.234. The van der Waals surface area contributed by atoms with Crippen LogP contribution in [0.4, 0.5) is 4.79 Å². The predicted molar refractivity (Wildman–Crippen MR) is 73.5 cm³/mol. The van der Waals surface area contributed by atoms with Crippen molar-refractivity contribution in [3.05, 3.63) is 12.7 Å². The Hall–Kier alpha value is -1.11. The minimum absolute atomic E-state index is 0. The normalized spacial score (nSPS) is 27.3. The standard InChI is InChI=1S/C13H23NO4.H3N/c1-6-7-11-17-8-10(9(2)18-11)14(12(15)16)13(3,4)5;/h6,9-11H,1,7-8H2,2-5H3,(H,15,16);1H3/t9-,10-,11+;/m1./s1. The molecule has 0 saturated carbocycles. The molecule has 0 aromatic rings. The molecule has 1 saturated heterocycles. The third-order valence-electron chi connectivity index (χ3n) is 2.98. The molecule has 6 nitrogen and oxygen atoms in total. The molecule has 1 rings (SSSR count). The van der Waals surface area contributed by atoms with Crippen molar-refractivity contribution >= 4 is 6.09 Å². The van der Waals surface area contributed by atoms with Crippen LogP contribution in [0.1, 0.15) is 34.1 Å². The molecule has 1 aliphatic rings. The first-order valence-electron chi connectivity index (χ1n) is 6.17. The van der Waals surface area contributed by atoms with Crippen LogP contribution in [0.2, 0.25) is 0 Å². The lowest BCUT2D eigenvalue weighted by atomic mass is 10.0. The van der Waals surface area contributed by atoms with Crippen molar-refractivity contribution < 1.29 is 19.4 Å². The quantitative estimate of drug-likeness (QED) is 0.771. The Morgan fingerprint density at radius 3 is 2.47 bits per heavy atom. The molecule has 19 heavy (non-hydrogen) atoms. The van der Waals surface area contributed by atoms with Crippen LogP contribution in [0.25, 0.3) is 0 Å². The van der Waals surface area contributed by atoms with E-state index in [-0.39, 0.29) is 24.6 Å². The maximum Gasteiger partial charge on any atom is 0.408 e. The monoisotopic (exact) mass is 274 g/mol. The van der Waals surface area contributed by atoms with E-state index in [4.69, 9.17) is 9.47 Å². The molecule has 1 fully saturated rings. The summed E-state index contributed by atoms with van der Waals surface area (Å²) in [6.07, 6.45) is 0.882. The summed E-state index contributed by atoms with van der Waals surface area (Å²) < 4.78 is 11.2. The van der Waals surface area contributed by atoms with Crippen LogP contribution in [-0.4, -0.2) is 46.7 Å². The lowest BCUT2D eigenvalue weighted by Crippen LogP contribution is -2.59. The first-order valence-corrected chi connectivity index (χ1v) is 6.17. The van der Waals surface area contributed by atoms with Crippen molar-refractivity contribution in [3.63, 3.8) is 0 Å². The molecular formula is C13H26N2O4. The van der Waals surface area contributed by atoms with E-state index in [1.54, 1.807) is 6.08 Å². The van der Waals surface area contributed by atoms with Gasteiger partial charge in [0.15, 0.2) is 6.29 Å². The highest BCUT2D eigenvalue weighted by Crippen LogP contribution is 2.25. The lowest BCUT2D eigenvalue weighted by Gasteiger charge is -2.45. The summed E-state index contributed by atoms with van der Waals surface area (Å²) >= 11 is 0. The number of ether oxygens (including phenoxy) is 2. The molecule has 112 valence electrons. The third-order valence-corrected chi connectivity index (χ3v) is 2.98. The number of carboxylic acid groups (broad SMARTS) is 1. The number of carbonyl (C=O) groups is 1. The molecule has 0 radical (unpaired) electrons. The van der Waals surface area contributed by atoms with Gasteiger partial charge in [-0.3, -0.25) is 4.90 Å². The second kappa shape index (κ2) is 6.88. The smallest absolute Gasteiger partial charge is 0.408 e. The molecule has 1 heterocycles. The topological polar surface area (TPSA) is 94.0 Å². The van der Waals surface area contributed by atoms with E-state index in [0.717, 1.165) is 0 Å². The summed E-state index contributed by atoms with van der Waals surface area (Å²) in [6, 6.07) is -0.288. The minimum atomic E-state index is -0.950. The Balaban J connectivity index is 0.00000324. The van der Waals surface area contributed by atoms with Gasteiger partial charge in [-0.25, -0.2) is 4.79 Å². The van der Waals surface area contributed by atoms with Crippen LogP contribution in [0.5, 0.6) is 0 Å². The van der Waals surface area contributed by atoms with E-state index in [1.807, 2.05) is 27.7 Å². The fourth-order valence-electron chi connectivity index (χ4n) is 2.18. The summed E-state index contributed by atoms with van der Waals surface area (Å²) in [5, 5.41) is 9.35. The molecule has 1 aliphatic heterocycles. The van der Waals surface area contributed by atoms with Crippen molar-refractivity contribution in [1.82, 2.24) is 11.1 Å². The van der Waals surface area contributed by atoms with Crippen molar-refractivity contribution in [2.75, 3.05) is 6.61 Å². The van der Waals surface area contributed by atoms with Gasteiger partial charge in [0.1, 0.15) is 0 Å². The highest BCUT2D eigenvalue weighted by molar-refractivity contribution is 5.66. The van der Waals surface area contributed by atoms with E-state index in [2.05, 4.69) is 6.58 Å². The Bertz CT molecular complexity index is 314. The van der Waals surface area contributed by atoms with E-state index in [0.29, 0.717) is 13.0 Å². The highest BCUT2D eigenvalue weighted by Gasteiger charge is 2.40.